The Labute approximate surface area is 695 Å². The van der Waals surface area contributed by atoms with E-state index in [-0.39, 0.29) is 11.8 Å². The van der Waals surface area contributed by atoms with Crippen molar-refractivity contribution in [2.75, 3.05) is 101 Å². The molecule has 29 nitrogen and oxygen atoms in total. The maximum atomic E-state index is 12.8. The molecule has 33 heteroatoms. The van der Waals surface area contributed by atoms with E-state index in [0.29, 0.717) is 72.1 Å². The number of hydrogen-bond acceptors (Lipinski definition) is 23. The lowest BCUT2D eigenvalue weighted by Crippen LogP contribution is -2.29. The molecule has 11 aromatic rings. The number of anilines is 6. The molecule has 0 aliphatic heterocycles. The molecule has 8 N–H and O–H groups in total. The third-order valence-electron chi connectivity index (χ3n) is 18.9. The van der Waals surface area contributed by atoms with Crippen molar-refractivity contribution in [3.63, 3.8) is 0 Å². The highest BCUT2D eigenvalue weighted by atomic mass is 127. The number of aryl methyl sites for hydroxylation is 3. The number of aromatic nitrogens is 12. The van der Waals surface area contributed by atoms with Crippen LogP contribution >= 0.6 is 56.8 Å². The molecule has 3 saturated carbocycles. The van der Waals surface area contributed by atoms with E-state index >= 15 is 0 Å². The highest BCUT2D eigenvalue weighted by Gasteiger charge is 2.29. The molecule has 5 aromatic carbocycles. The summed E-state index contributed by atoms with van der Waals surface area (Å²) in [5.41, 5.74) is 23.7. The van der Waals surface area contributed by atoms with Crippen LogP contribution in [0.2, 0.25) is 0 Å². The van der Waals surface area contributed by atoms with Gasteiger partial charge in [-0.2, -0.15) is 15.3 Å². The molecule has 3 aliphatic rings. The average molecular weight is 1790 g/mol. The first-order chi connectivity index (χ1) is 54.4. The molecule has 596 valence electrons. The van der Waals surface area contributed by atoms with E-state index in [1.807, 2.05) is 137 Å². The van der Waals surface area contributed by atoms with Gasteiger partial charge in [-0.05, 0) is 247 Å². The molecule has 6 aromatic heterocycles. The monoisotopic (exact) mass is 1790 g/mol. The molecule has 3 fully saturated rings. The number of methoxy groups -OCH3 is 1. The Kier molecular flexibility index (Phi) is 29.5. The van der Waals surface area contributed by atoms with Crippen LogP contribution in [-0.2, 0) is 19.1 Å². The lowest BCUT2D eigenvalue weighted by molar-refractivity contribution is -0.114. The second-order valence-corrected chi connectivity index (χ2v) is 31.1. The van der Waals surface area contributed by atoms with Crippen molar-refractivity contribution in [3.8, 4) is 34.1 Å². The average Bonchev–Trinajstić information content (AvgIpc) is 1.35. The van der Waals surface area contributed by atoms with Gasteiger partial charge in [-0.3, -0.25) is 34.4 Å². The van der Waals surface area contributed by atoms with Crippen LogP contribution in [-0.4, -0.2) is 207 Å². The maximum Gasteiger partial charge on any atom is 0.488 e. The van der Waals surface area contributed by atoms with Crippen molar-refractivity contribution in [2.45, 2.75) is 104 Å². The number of benzene rings is 5. The van der Waals surface area contributed by atoms with E-state index in [4.69, 9.17) is 47.7 Å². The molecule has 114 heavy (non-hydrogen) atoms. The number of ether oxygens (including phenoxy) is 2. The van der Waals surface area contributed by atoms with E-state index in [1.165, 1.54) is 63.6 Å². The van der Waals surface area contributed by atoms with E-state index in [1.54, 1.807) is 96.2 Å². The standard InChI is InChI=1S/C28H31N7O2.C20H22IN7O.C17H19IN6O2.C8H11BO2.C8H12ClNO/c1-18-10-11-19(15-23(18)37-4)26-25-27(29)30-17-31-28(25)35(32-26)22-8-5-7-21(16-22)34(3)24(36)9-6-14-33(2)20-12-13-20;1-26(13-8-9-13)10-4-7-16(29)27(2)14-5-3-6-15(11-14)28-20-17(18(21)25-28)19(22)23-12-24-20;1-17(2,3)26-16(25)22-14-12-13(18)23-24(15(12)21-9-20-14)11-7-5-6-10(8-11)19-4;1-6-3-4-8(9(10)11)5-7(6)2;1-10(7-4-5-7)6-2-3-8(9)11/h5-11,15-17,20H,12-14H2,1-4H3,(H2,29,30,31);3-7,11-13H,8-10H2,1-2H3,(H2,22,23,24);5-9,19H,1-4H3,(H,20,21,22,25);3-5,10-11H,1-2H3;2-3,7H,4-6H2,1H3/b9-6+;7-4+;;;3-2+. The lowest BCUT2D eigenvalue weighted by Gasteiger charge is -2.19. The number of fused-ring (bicyclic) bond motifs is 3. The van der Waals surface area contributed by atoms with Crippen LogP contribution in [0.5, 0.6) is 5.75 Å². The van der Waals surface area contributed by atoms with Crippen LogP contribution in [0.4, 0.5) is 39.3 Å². The van der Waals surface area contributed by atoms with Crippen LogP contribution in [0.25, 0.3) is 61.4 Å². The van der Waals surface area contributed by atoms with Crippen LogP contribution in [0.15, 0.2) is 165 Å². The van der Waals surface area contributed by atoms with Crippen LogP contribution < -0.4 is 42.1 Å². The molecule has 0 bridgehead atoms. The second-order valence-electron chi connectivity index (χ2n) is 28.7. The Morgan fingerprint density at radius 3 is 1.52 bits per heavy atom. The van der Waals surface area contributed by atoms with Crippen LogP contribution in [0.3, 0.4) is 0 Å². The van der Waals surface area contributed by atoms with Crippen molar-refractivity contribution in [2.24, 2.45) is 0 Å². The normalized spacial score (nSPS) is 13.3. The summed E-state index contributed by atoms with van der Waals surface area (Å²) in [4.78, 5) is 83.4. The number of nitrogens with one attached hydrogen (secondary N) is 2. The van der Waals surface area contributed by atoms with Crippen molar-refractivity contribution in [1.29, 1.82) is 0 Å². The van der Waals surface area contributed by atoms with Gasteiger partial charge in [-0.15, -0.1) is 0 Å². The third kappa shape index (κ3) is 23.0. The predicted octanol–water partition coefficient (Wildman–Crippen LogP) is 11.8. The minimum Gasteiger partial charge on any atom is -0.496 e. The number of hydrogen-bond donors (Lipinski definition) is 6. The first-order valence-electron chi connectivity index (χ1n) is 36.9. The summed E-state index contributed by atoms with van der Waals surface area (Å²) in [6.45, 7) is 13.7. The highest BCUT2D eigenvalue weighted by Crippen LogP contribution is 2.36. The van der Waals surface area contributed by atoms with Gasteiger partial charge in [0, 0.05) is 93.7 Å². The number of rotatable bonds is 22. The van der Waals surface area contributed by atoms with Crippen molar-refractivity contribution >= 4 is 160 Å². The number of amides is 3. The number of allylic oxidation sites excluding steroid dienone is 1. The van der Waals surface area contributed by atoms with Crippen molar-refractivity contribution in [3.05, 3.63) is 189 Å². The van der Waals surface area contributed by atoms with Gasteiger partial charge in [0.25, 0.3) is 0 Å². The molecular formula is C81H95BClI2N21O8. The molecule has 6 heterocycles. The zero-order valence-electron chi connectivity index (χ0n) is 66.0. The molecule has 0 spiro atoms. The second kappa shape index (κ2) is 39.1. The Morgan fingerprint density at radius 1 is 0.579 bits per heavy atom. The number of likely N-dealkylation sites (N-methyl/N-ethyl adjacent to an activating group) is 5. The van der Waals surface area contributed by atoms with E-state index < -0.39 is 24.1 Å². The minimum absolute atomic E-state index is 0.0715. The number of nitrogen functional groups attached to an aromatic ring is 2. The van der Waals surface area contributed by atoms with E-state index in [0.717, 1.165) is 96.9 Å². The molecule has 14 rings (SSSR count). The van der Waals surface area contributed by atoms with Crippen LogP contribution in [0.1, 0.15) is 76.0 Å². The molecule has 0 radical (unpaired) electrons. The highest BCUT2D eigenvalue weighted by molar-refractivity contribution is 14.1. The molecule has 0 atom stereocenters. The number of carbonyl (C=O) groups is 4. The molecule has 3 amide bonds. The summed E-state index contributed by atoms with van der Waals surface area (Å²) in [5.74, 6) is 1.70. The smallest absolute Gasteiger partial charge is 0.488 e. The van der Waals surface area contributed by atoms with Gasteiger partial charge >= 0.3 is 13.2 Å². The summed E-state index contributed by atoms with van der Waals surface area (Å²) >= 11 is 9.34. The van der Waals surface area contributed by atoms with Gasteiger partial charge in [0.05, 0.1) is 40.3 Å². The first kappa shape index (κ1) is 86.1. The van der Waals surface area contributed by atoms with Gasteiger partial charge in [-0.25, -0.2) is 48.7 Å². The number of carbonyl (C=O) groups excluding carboxylic acids is 4. The molecule has 3 aliphatic carbocycles. The molecule has 0 saturated heterocycles. The summed E-state index contributed by atoms with van der Waals surface area (Å²) in [6, 6.07) is 36.4. The minimum atomic E-state index is -1.35. The van der Waals surface area contributed by atoms with Gasteiger partial charge in [0.1, 0.15) is 55.1 Å². The Balaban J connectivity index is 0.000000161. The topological polar surface area (TPSA) is 350 Å². The quantitative estimate of drug-likeness (QED) is 0.0159. The SMILES string of the molecule is CN(C(=O)/C=C/CN(C)C1CC1)c1cccc(-n2nc(I)c3c(N)ncnc32)c1.CN(C/C=C/C(=O)Cl)C1CC1.CNc1cccc(-n2nc(I)c3c(NC(=O)OC(C)(C)C)ncnc32)c1.COc1cc(-c2nn(-c3cccc(N(C)C(=O)/C=C/CN(C)C4CC4)c3)c3ncnc(N)c23)ccc1C.Cc1ccc(B(O)O)cc1C. The molecule has 0 unspecified atom stereocenters. The zero-order valence-corrected chi connectivity index (χ0v) is 71.1. The first-order valence-corrected chi connectivity index (χ1v) is 39.4. The number of halogens is 3. The summed E-state index contributed by atoms with van der Waals surface area (Å²) in [5, 5.41) is 39.0. The predicted molar refractivity (Wildman–Crippen MR) is 468 cm³/mol. The largest absolute Gasteiger partial charge is 0.496 e. The third-order valence-corrected chi connectivity index (χ3v) is 20.6. The lowest BCUT2D eigenvalue weighted by atomic mass is 9.79. The Bertz CT molecular complexity index is 5350. The Hall–Kier alpha value is -10.3. The van der Waals surface area contributed by atoms with E-state index in [9.17, 15) is 19.2 Å². The summed E-state index contributed by atoms with van der Waals surface area (Å²) in [7, 11) is 11.9. The fourth-order valence-corrected chi connectivity index (χ4v) is 13.4. The molecular weight excluding hydrogens is 1700 g/mol. The van der Waals surface area contributed by atoms with Gasteiger partial charge in [0.2, 0.25) is 17.1 Å². The number of nitrogens with zero attached hydrogens (tertiary/aromatic N) is 17. The van der Waals surface area contributed by atoms with Crippen LogP contribution in [0, 0.1) is 28.2 Å². The number of nitrogens with two attached hydrogens (primary N) is 2. The fraction of sp³-hybridized carbons (Fsp3) is 0.321. The zero-order chi connectivity index (χ0) is 82.2. The summed E-state index contributed by atoms with van der Waals surface area (Å²) in [6.07, 6.45) is 21.5. The van der Waals surface area contributed by atoms with E-state index in [2.05, 4.69) is 132 Å². The van der Waals surface area contributed by atoms with Gasteiger partial charge in [0.15, 0.2) is 22.8 Å². The maximum absolute atomic E-state index is 12.8. The summed E-state index contributed by atoms with van der Waals surface area (Å²) < 4.78 is 17.4. The van der Waals surface area contributed by atoms with Crippen molar-refractivity contribution < 1.29 is 38.7 Å². The Morgan fingerprint density at radius 2 is 1.04 bits per heavy atom. The van der Waals surface area contributed by atoms with Gasteiger partial charge in [-0.1, -0.05) is 66.8 Å². The fourth-order valence-electron chi connectivity index (χ4n) is 11.8. The van der Waals surface area contributed by atoms with Crippen molar-refractivity contribution in [1.82, 2.24) is 73.9 Å². The van der Waals surface area contributed by atoms with Gasteiger partial charge < -0.3 is 46.1 Å².